The van der Waals surface area contributed by atoms with Gasteiger partial charge in [-0.2, -0.15) is 0 Å². The Morgan fingerprint density at radius 3 is 2.75 bits per heavy atom. The number of hydrogen-bond donors (Lipinski definition) is 3. The number of amides is 1. The Hall–Kier alpha value is -2.89. The lowest BCUT2D eigenvalue weighted by Gasteiger charge is -2.12. The molecule has 124 valence electrons. The fraction of sp³-hybridized carbons (Fsp3) is 0.222. The summed E-state index contributed by atoms with van der Waals surface area (Å²) in [6.45, 7) is 2.27. The predicted molar refractivity (Wildman–Crippen MR) is 90.2 cm³/mol. The number of carbonyl (C=O) groups excluding carboxylic acids is 1. The summed E-state index contributed by atoms with van der Waals surface area (Å²) < 4.78 is 13.2. The summed E-state index contributed by atoms with van der Waals surface area (Å²) >= 11 is 0. The third-order valence-corrected chi connectivity index (χ3v) is 3.98. The van der Waals surface area contributed by atoms with Gasteiger partial charge in [0.05, 0.1) is 11.0 Å². The normalized spacial score (nSPS) is 12.2. The van der Waals surface area contributed by atoms with Crippen LogP contribution >= 0.6 is 0 Å². The van der Waals surface area contributed by atoms with Gasteiger partial charge >= 0.3 is 5.69 Å². The number of fused-ring (bicyclic) bond motifs is 1. The monoisotopic (exact) mass is 327 g/mol. The molecule has 1 amide bonds. The van der Waals surface area contributed by atoms with Crippen molar-refractivity contribution < 1.29 is 9.18 Å². The smallest absolute Gasteiger partial charge is 0.323 e. The molecule has 0 spiro atoms. The van der Waals surface area contributed by atoms with Gasteiger partial charge in [0, 0.05) is 13.0 Å². The molecule has 6 heteroatoms. The number of imidazole rings is 1. The van der Waals surface area contributed by atoms with Gasteiger partial charge in [0.25, 0.3) is 0 Å². The van der Waals surface area contributed by atoms with Crippen molar-refractivity contribution in [3.8, 4) is 0 Å². The van der Waals surface area contributed by atoms with Gasteiger partial charge in [0.15, 0.2) is 0 Å². The van der Waals surface area contributed by atoms with Crippen LogP contribution in [-0.2, 0) is 11.3 Å². The Bertz CT molecular complexity index is 929. The summed E-state index contributed by atoms with van der Waals surface area (Å²) in [5.41, 5.74) is 2.88. The summed E-state index contributed by atoms with van der Waals surface area (Å²) in [6, 6.07) is 11.8. The molecular weight excluding hydrogens is 309 g/mol. The molecule has 3 aromatic rings. The summed E-state index contributed by atoms with van der Waals surface area (Å²) in [7, 11) is 0. The van der Waals surface area contributed by atoms with E-state index >= 15 is 0 Å². The topological polar surface area (TPSA) is 77.8 Å². The lowest BCUT2D eigenvalue weighted by atomic mass is 9.97. The van der Waals surface area contributed by atoms with E-state index in [-0.39, 0.29) is 29.8 Å². The Balaban J connectivity index is 1.59. The lowest BCUT2D eigenvalue weighted by molar-refractivity contribution is -0.121. The second-order valence-corrected chi connectivity index (χ2v) is 5.90. The quantitative estimate of drug-likeness (QED) is 0.674. The molecule has 0 saturated heterocycles. The minimum absolute atomic E-state index is 0.0655. The number of rotatable bonds is 5. The number of nitrogens with one attached hydrogen (secondary N) is 3. The van der Waals surface area contributed by atoms with E-state index in [1.165, 1.54) is 12.1 Å². The van der Waals surface area contributed by atoms with Gasteiger partial charge in [-0.1, -0.05) is 25.1 Å². The first-order chi connectivity index (χ1) is 11.5. The molecule has 0 saturated carbocycles. The Kier molecular flexibility index (Phi) is 4.46. The molecule has 0 fully saturated rings. The van der Waals surface area contributed by atoms with Crippen LogP contribution in [0.4, 0.5) is 4.39 Å². The molecule has 3 rings (SSSR count). The van der Waals surface area contributed by atoms with E-state index in [0.29, 0.717) is 12.1 Å². The second-order valence-electron chi connectivity index (χ2n) is 5.90. The first-order valence-electron chi connectivity index (χ1n) is 7.74. The summed E-state index contributed by atoms with van der Waals surface area (Å²) in [5.74, 6) is -0.466. The molecule has 5 nitrogen and oxygen atoms in total. The maximum atomic E-state index is 13.2. The summed E-state index contributed by atoms with van der Waals surface area (Å²) in [5, 5.41) is 2.85. The average Bonchev–Trinajstić information content (AvgIpc) is 2.92. The van der Waals surface area contributed by atoms with Crippen molar-refractivity contribution in [1.82, 2.24) is 15.3 Å². The lowest BCUT2D eigenvalue weighted by Crippen LogP contribution is -2.24. The van der Waals surface area contributed by atoms with E-state index in [1.807, 2.05) is 25.1 Å². The van der Waals surface area contributed by atoms with Gasteiger partial charge in [-0.05, 0) is 41.3 Å². The largest absolute Gasteiger partial charge is 0.352 e. The summed E-state index contributed by atoms with van der Waals surface area (Å²) in [6.07, 6.45) is 0.284. The molecule has 1 aromatic heterocycles. The van der Waals surface area contributed by atoms with Gasteiger partial charge in [0.2, 0.25) is 5.91 Å². The molecule has 0 bridgehead atoms. The molecule has 0 aliphatic heterocycles. The molecule has 1 atom stereocenters. The van der Waals surface area contributed by atoms with Crippen molar-refractivity contribution in [2.75, 3.05) is 0 Å². The van der Waals surface area contributed by atoms with E-state index in [4.69, 9.17) is 0 Å². The highest BCUT2D eigenvalue weighted by molar-refractivity contribution is 5.78. The standard InChI is InChI=1S/C18H18FN3O2/c1-11(13-3-2-4-14(19)9-13)7-17(23)20-10-12-5-6-15-16(8-12)22-18(24)21-15/h2-6,8-9,11H,7,10H2,1H3,(H,20,23)(H2,21,22,24). The predicted octanol–water partition coefficient (Wildman–Crippen LogP) is 2.81. The molecule has 1 unspecified atom stereocenters. The van der Waals surface area contributed by atoms with Crippen molar-refractivity contribution in [3.05, 3.63) is 69.9 Å². The van der Waals surface area contributed by atoms with E-state index in [9.17, 15) is 14.0 Å². The van der Waals surface area contributed by atoms with Crippen LogP contribution in [0.25, 0.3) is 11.0 Å². The van der Waals surface area contributed by atoms with Crippen LogP contribution in [0.5, 0.6) is 0 Å². The minimum Gasteiger partial charge on any atom is -0.352 e. The second kappa shape index (κ2) is 6.70. The molecule has 1 heterocycles. The van der Waals surface area contributed by atoms with Crippen molar-refractivity contribution in [3.63, 3.8) is 0 Å². The van der Waals surface area contributed by atoms with Crippen molar-refractivity contribution in [2.45, 2.75) is 25.8 Å². The van der Waals surface area contributed by atoms with Crippen molar-refractivity contribution >= 4 is 16.9 Å². The van der Waals surface area contributed by atoms with E-state index in [2.05, 4.69) is 15.3 Å². The highest BCUT2D eigenvalue weighted by Crippen LogP contribution is 2.19. The fourth-order valence-electron chi connectivity index (χ4n) is 2.67. The maximum absolute atomic E-state index is 13.2. The van der Waals surface area contributed by atoms with Crippen LogP contribution in [0.3, 0.4) is 0 Å². The zero-order valence-corrected chi connectivity index (χ0v) is 13.2. The SMILES string of the molecule is CC(CC(=O)NCc1ccc2[nH]c(=O)[nH]c2c1)c1cccc(F)c1. The highest BCUT2D eigenvalue weighted by Gasteiger charge is 2.12. The fourth-order valence-corrected chi connectivity index (χ4v) is 2.67. The summed E-state index contributed by atoms with van der Waals surface area (Å²) in [4.78, 5) is 28.7. The van der Waals surface area contributed by atoms with E-state index < -0.39 is 0 Å². The van der Waals surface area contributed by atoms with Gasteiger partial charge in [-0.3, -0.25) is 4.79 Å². The number of carbonyl (C=O) groups is 1. The Labute approximate surface area is 137 Å². The van der Waals surface area contributed by atoms with E-state index in [0.717, 1.165) is 16.6 Å². The number of halogens is 1. The molecular formula is C18H18FN3O2. The van der Waals surface area contributed by atoms with Gasteiger partial charge in [0.1, 0.15) is 5.82 Å². The van der Waals surface area contributed by atoms with Crippen LogP contribution in [0.2, 0.25) is 0 Å². The number of benzene rings is 2. The molecule has 0 aliphatic rings. The maximum Gasteiger partial charge on any atom is 0.323 e. The van der Waals surface area contributed by atoms with Gasteiger partial charge in [-0.15, -0.1) is 0 Å². The Morgan fingerprint density at radius 1 is 1.17 bits per heavy atom. The Morgan fingerprint density at radius 2 is 1.96 bits per heavy atom. The highest BCUT2D eigenvalue weighted by atomic mass is 19.1. The van der Waals surface area contributed by atoms with Crippen LogP contribution < -0.4 is 11.0 Å². The number of H-pyrrole nitrogens is 2. The van der Waals surface area contributed by atoms with Crippen LogP contribution in [0, 0.1) is 5.82 Å². The molecule has 0 radical (unpaired) electrons. The molecule has 3 N–H and O–H groups in total. The molecule has 0 aliphatic carbocycles. The van der Waals surface area contributed by atoms with Crippen molar-refractivity contribution in [1.29, 1.82) is 0 Å². The van der Waals surface area contributed by atoms with Crippen LogP contribution in [0.1, 0.15) is 30.4 Å². The zero-order chi connectivity index (χ0) is 17.1. The van der Waals surface area contributed by atoms with Crippen LogP contribution in [-0.4, -0.2) is 15.9 Å². The average molecular weight is 327 g/mol. The van der Waals surface area contributed by atoms with Gasteiger partial charge < -0.3 is 15.3 Å². The minimum atomic E-state index is -0.298. The zero-order valence-electron chi connectivity index (χ0n) is 13.2. The third kappa shape index (κ3) is 3.71. The number of hydrogen-bond acceptors (Lipinski definition) is 2. The van der Waals surface area contributed by atoms with E-state index in [1.54, 1.807) is 12.1 Å². The number of aromatic amines is 2. The first kappa shape index (κ1) is 16.0. The van der Waals surface area contributed by atoms with Crippen LogP contribution in [0.15, 0.2) is 47.3 Å². The third-order valence-electron chi connectivity index (χ3n) is 3.98. The number of aromatic nitrogens is 2. The molecule has 2 aromatic carbocycles. The first-order valence-corrected chi connectivity index (χ1v) is 7.74. The van der Waals surface area contributed by atoms with Crippen molar-refractivity contribution in [2.24, 2.45) is 0 Å². The molecule has 24 heavy (non-hydrogen) atoms. The van der Waals surface area contributed by atoms with Gasteiger partial charge in [-0.25, -0.2) is 9.18 Å².